The summed E-state index contributed by atoms with van der Waals surface area (Å²) in [5, 5.41) is 13.9. The summed E-state index contributed by atoms with van der Waals surface area (Å²) in [4.78, 5) is 29.3. The van der Waals surface area contributed by atoms with Crippen LogP contribution in [0.25, 0.3) is 5.76 Å². The van der Waals surface area contributed by atoms with Gasteiger partial charge in [0.05, 0.1) is 26.7 Å². The predicted octanol–water partition coefficient (Wildman–Crippen LogP) is 2.90. The van der Waals surface area contributed by atoms with Gasteiger partial charge in [0.15, 0.2) is 0 Å². The number of ketones is 1. The molecule has 1 heterocycles. The zero-order chi connectivity index (χ0) is 27.2. The molecule has 6 heteroatoms. The summed E-state index contributed by atoms with van der Waals surface area (Å²) in [7, 11) is 4.10. The zero-order valence-electron chi connectivity index (χ0n) is 22.6. The molecule has 38 heavy (non-hydrogen) atoms. The summed E-state index contributed by atoms with van der Waals surface area (Å²) >= 11 is 0. The number of ether oxygens (including phenoxy) is 1. The number of likely N-dealkylation sites (tertiary alicyclic amines) is 1. The number of nitrogens with zero attached hydrogens (tertiary/aromatic N) is 1. The molecule has 0 aliphatic carbocycles. The van der Waals surface area contributed by atoms with Crippen LogP contribution in [0.4, 0.5) is 0 Å². The van der Waals surface area contributed by atoms with Gasteiger partial charge >= 0.3 is 0 Å². The molecule has 0 saturated carbocycles. The molecule has 0 radical (unpaired) electrons. The van der Waals surface area contributed by atoms with E-state index in [-0.39, 0.29) is 5.57 Å². The lowest BCUT2D eigenvalue weighted by atomic mass is 9.93. The lowest BCUT2D eigenvalue weighted by Gasteiger charge is -2.28. The van der Waals surface area contributed by atoms with E-state index in [1.165, 1.54) is 4.90 Å². The van der Waals surface area contributed by atoms with Crippen molar-refractivity contribution >= 4 is 17.4 Å². The Morgan fingerprint density at radius 1 is 0.974 bits per heavy atom. The molecule has 1 fully saturated rings. The Labute approximate surface area is 225 Å². The molecule has 1 amide bonds. The van der Waals surface area contributed by atoms with Crippen LogP contribution in [0.15, 0.2) is 78.4 Å². The van der Waals surface area contributed by atoms with Crippen molar-refractivity contribution in [3.8, 4) is 5.75 Å². The molecule has 1 aliphatic rings. The van der Waals surface area contributed by atoms with Crippen molar-refractivity contribution in [3.63, 3.8) is 0 Å². The first-order chi connectivity index (χ1) is 18.3. The van der Waals surface area contributed by atoms with Gasteiger partial charge in [0, 0.05) is 18.5 Å². The van der Waals surface area contributed by atoms with Gasteiger partial charge in [-0.15, -0.1) is 0 Å². The molecule has 6 nitrogen and oxygen atoms in total. The second-order valence-corrected chi connectivity index (χ2v) is 10.1. The average Bonchev–Trinajstić information content (AvgIpc) is 3.17. The van der Waals surface area contributed by atoms with Crippen LogP contribution >= 0.6 is 0 Å². The Balaban J connectivity index is 1.68. The van der Waals surface area contributed by atoms with Gasteiger partial charge in [0.25, 0.3) is 5.91 Å². The fraction of sp³-hybridized carbons (Fsp3) is 0.312. The lowest BCUT2D eigenvalue weighted by Crippen LogP contribution is -3.05. The number of Topliss-reactive ketones (excluding diaryl/α,β-unsaturated/α-hetero) is 1. The van der Waals surface area contributed by atoms with Crippen molar-refractivity contribution in [1.29, 1.82) is 0 Å². The van der Waals surface area contributed by atoms with Gasteiger partial charge in [0.1, 0.15) is 12.4 Å². The van der Waals surface area contributed by atoms with Crippen LogP contribution in [-0.2, 0) is 22.6 Å². The van der Waals surface area contributed by atoms with Crippen LogP contribution in [0.3, 0.4) is 0 Å². The third kappa shape index (κ3) is 5.97. The Bertz CT molecular complexity index is 1310. The van der Waals surface area contributed by atoms with Crippen molar-refractivity contribution in [2.24, 2.45) is 0 Å². The minimum atomic E-state index is -0.708. The number of carbonyl (C=O) groups is 2. The fourth-order valence-corrected chi connectivity index (χ4v) is 4.85. The van der Waals surface area contributed by atoms with Gasteiger partial charge in [-0.25, -0.2) is 0 Å². The SMILES string of the molecule is CCc1ccc(C2C(=C([O-])c3ccc(OCc4ccccc4)cc3C)C(=O)C(=O)N2CCC[NH+](C)C)cc1. The van der Waals surface area contributed by atoms with Gasteiger partial charge in [0.2, 0.25) is 5.78 Å². The second kappa shape index (κ2) is 12.1. The molecule has 0 aromatic heterocycles. The van der Waals surface area contributed by atoms with Gasteiger partial charge < -0.3 is 19.6 Å². The van der Waals surface area contributed by atoms with Gasteiger partial charge in [-0.3, -0.25) is 9.59 Å². The normalized spacial score (nSPS) is 16.9. The highest BCUT2D eigenvalue weighted by atomic mass is 16.5. The minimum absolute atomic E-state index is 0.0255. The molecule has 3 aromatic carbocycles. The summed E-state index contributed by atoms with van der Waals surface area (Å²) in [6.45, 7) is 5.58. The Morgan fingerprint density at radius 2 is 1.68 bits per heavy atom. The van der Waals surface area contributed by atoms with E-state index in [1.54, 1.807) is 23.1 Å². The number of quaternary nitrogens is 1. The largest absolute Gasteiger partial charge is 0.872 e. The van der Waals surface area contributed by atoms with Gasteiger partial charge in [-0.1, -0.05) is 73.3 Å². The number of rotatable bonds is 10. The monoisotopic (exact) mass is 512 g/mol. The van der Waals surface area contributed by atoms with E-state index in [9.17, 15) is 14.7 Å². The first-order valence-electron chi connectivity index (χ1n) is 13.2. The molecule has 0 spiro atoms. The average molecular weight is 513 g/mol. The molecule has 1 saturated heterocycles. The van der Waals surface area contributed by atoms with Crippen LogP contribution in [0, 0.1) is 6.92 Å². The highest BCUT2D eigenvalue weighted by molar-refractivity contribution is 6.46. The highest BCUT2D eigenvalue weighted by Crippen LogP contribution is 2.39. The first-order valence-corrected chi connectivity index (χ1v) is 13.2. The molecule has 0 bridgehead atoms. The van der Waals surface area contributed by atoms with Crippen molar-refractivity contribution in [2.45, 2.75) is 39.3 Å². The Kier molecular flexibility index (Phi) is 8.64. The number of benzene rings is 3. The fourth-order valence-electron chi connectivity index (χ4n) is 4.85. The maximum Gasteiger partial charge on any atom is 0.295 e. The quantitative estimate of drug-likeness (QED) is 0.258. The molecule has 1 aliphatic heterocycles. The smallest absolute Gasteiger partial charge is 0.295 e. The molecule has 3 aromatic rings. The van der Waals surface area contributed by atoms with Crippen molar-refractivity contribution in [2.75, 3.05) is 27.2 Å². The van der Waals surface area contributed by atoms with E-state index in [2.05, 4.69) is 21.0 Å². The van der Waals surface area contributed by atoms with E-state index in [0.29, 0.717) is 30.0 Å². The number of nitrogens with one attached hydrogen (secondary N) is 1. The molecule has 1 atom stereocenters. The minimum Gasteiger partial charge on any atom is -0.872 e. The van der Waals surface area contributed by atoms with Crippen LogP contribution in [0.1, 0.15) is 47.2 Å². The van der Waals surface area contributed by atoms with Crippen LogP contribution in [-0.4, -0.2) is 43.8 Å². The molecule has 1 N–H and O–H groups in total. The maximum atomic E-state index is 13.9. The standard InChI is InChI=1S/C32H36N2O4/c1-5-23-12-14-25(15-13-23)29-28(31(36)32(37)34(29)19-9-18-33(3)4)30(35)27-17-16-26(20-22(27)2)38-21-24-10-7-6-8-11-24/h6-8,10-17,20,29,35H,5,9,18-19,21H2,1-4H3. The molecule has 1 unspecified atom stereocenters. The van der Waals surface area contributed by atoms with Gasteiger partial charge in [-0.05, 0) is 53.3 Å². The highest BCUT2D eigenvalue weighted by Gasteiger charge is 2.44. The Hall–Kier alpha value is -3.90. The third-order valence-corrected chi connectivity index (χ3v) is 7.00. The van der Waals surface area contributed by atoms with Gasteiger partial charge in [-0.2, -0.15) is 0 Å². The number of amides is 1. The summed E-state index contributed by atoms with van der Waals surface area (Å²) in [6.07, 6.45) is 1.62. The summed E-state index contributed by atoms with van der Waals surface area (Å²) in [5.74, 6) is -1.07. The number of hydrogen-bond acceptors (Lipinski definition) is 4. The van der Waals surface area contributed by atoms with E-state index < -0.39 is 23.5 Å². The first kappa shape index (κ1) is 27.1. The van der Waals surface area contributed by atoms with E-state index in [0.717, 1.165) is 36.1 Å². The number of hydrogen-bond donors (Lipinski definition) is 1. The lowest BCUT2D eigenvalue weighted by molar-refractivity contribution is -0.858. The van der Waals surface area contributed by atoms with Crippen molar-refractivity contribution < 1.29 is 24.3 Å². The summed E-state index contributed by atoms with van der Waals surface area (Å²) in [6, 6.07) is 22.3. The molecule has 198 valence electrons. The molecular formula is C32H36N2O4. The molecule has 4 rings (SSSR count). The van der Waals surface area contributed by atoms with E-state index >= 15 is 0 Å². The topological polar surface area (TPSA) is 74.1 Å². The van der Waals surface area contributed by atoms with Crippen LogP contribution in [0.5, 0.6) is 5.75 Å². The van der Waals surface area contributed by atoms with Crippen molar-refractivity contribution in [1.82, 2.24) is 4.90 Å². The summed E-state index contributed by atoms with van der Waals surface area (Å²) < 4.78 is 5.91. The second-order valence-electron chi connectivity index (χ2n) is 10.1. The Morgan fingerprint density at radius 3 is 2.32 bits per heavy atom. The summed E-state index contributed by atoms with van der Waals surface area (Å²) in [5.41, 5.74) is 4.11. The third-order valence-electron chi connectivity index (χ3n) is 7.00. The number of carbonyl (C=O) groups excluding carboxylic acids is 2. The maximum absolute atomic E-state index is 13.9. The van der Waals surface area contributed by atoms with E-state index in [4.69, 9.17) is 4.74 Å². The van der Waals surface area contributed by atoms with Crippen molar-refractivity contribution in [3.05, 3.63) is 106 Å². The number of aryl methyl sites for hydroxylation is 2. The molecular weight excluding hydrogens is 476 g/mol. The van der Waals surface area contributed by atoms with Crippen LogP contribution in [0.2, 0.25) is 0 Å². The van der Waals surface area contributed by atoms with Crippen LogP contribution < -0.4 is 14.7 Å². The zero-order valence-corrected chi connectivity index (χ0v) is 22.6. The van der Waals surface area contributed by atoms with E-state index in [1.807, 2.05) is 61.5 Å². The predicted molar refractivity (Wildman–Crippen MR) is 146 cm³/mol.